The van der Waals surface area contributed by atoms with Crippen molar-refractivity contribution in [2.75, 3.05) is 0 Å². The summed E-state index contributed by atoms with van der Waals surface area (Å²) in [4.78, 5) is 0. The Morgan fingerprint density at radius 1 is 0.440 bits per heavy atom. The van der Waals surface area contributed by atoms with Crippen LogP contribution in [0.25, 0.3) is 0 Å². The number of halogens is 9. The molecule has 9 nitrogen and oxygen atoms in total. The second kappa shape index (κ2) is 10.0. The van der Waals surface area contributed by atoms with Crippen molar-refractivity contribution in [2.45, 2.75) is 16.5 Å². The first-order valence-electron chi connectivity index (χ1n) is 3.81. The first-order chi connectivity index (χ1) is 9.75. The molecule has 0 aliphatic carbocycles. The molecular weight excluding hydrogens is 616 g/mol. The second-order valence-electron chi connectivity index (χ2n) is 2.70. The van der Waals surface area contributed by atoms with Crippen LogP contribution in [-0.2, 0) is 30.4 Å². The molecule has 0 spiro atoms. The Kier molecular flexibility index (Phi) is 13.2. The molecule has 0 aliphatic rings. The van der Waals surface area contributed by atoms with E-state index in [9.17, 15) is 39.5 Å². The van der Waals surface area contributed by atoms with Gasteiger partial charge in [-0.05, 0) is 0 Å². The number of rotatable bonds is 0. The molecule has 0 fully saturated rings. The van der Waals surface area contributed by atoms with Gasteiger partial charge in [-0.15, -0.1) is 0 Å². The summed E-state index contributed by atoms with van der Waals surface area (Å²) < 4.78 is 177. The van der Waals surface area contributed by atoms with E-state index >= 15 is 0 Å². The Labute approximate surface area is 161 Å². The van der Waals surface area contributed by atoms with E-state index < -0.39 is 46.9 Å². The molecule has 0 N–H and O–H groups in total. The van der Waals surface area contributed by atoms with E-state index in [1.54, 1.807) is 0 Å². The van der Waals surface area contributed by atoms with Gasteiger partial charge in [0.1, 0.15) is 0 Å². The molecule has 0 amide bonds. The van der Waals surface area contributed by atoms with Crippen molar-refractivity contribution in [3.8, 4) is 0 Å². The fourth-order valence-electron chi connectivity index (χ4n) is 0. The number of alkyl halides is 9. The maximum atomic E-state index is 10.7. The van der Waals surface area contributed by atoms with Crippen LogP contribution >= 0.6 is 0 Å². The summed E-state index contributed by atoms with van der Waals surface area (Å²) >= 11 is 0. The summed E-state index contributed by atoms with van der Waals surface area (Å²) in [5.74, 6) is 0. The van der Waals surface area contributed by atoms with Gasteiger partial charge in [0.15, 0.2) is 30.4 Å². The minimum Gasteiger partial charge on any atom is -0.741 e. The van der Waals surface area contributed by atoms with Crippen LogP contribution in [0.2, 0.25) is 0 Å². The quantitative estimate of drug-likeness (QED) is 0.209. The van der Waals surface area contributed by atoms with Crippen molar-refractivity contribution in [2.24, 2.45) is 0 Å². The van der Waals surface area contributed by atoms with Gasteiger partial charge in [-0.1, -0.05) is 0 Å². The fraction of sp³-hybridized carbons (Fsp3) is 1.00. The van der Waals surface area contributed by atoms with Crippen LogP contribution in [-0.4, -0.2) is 55.4 Å². The average Bonchev–Trinajstić information content (AvgIpc) is 2.08. The third-order valence-electron chi connectivity index (χ3n) is 0.850. The first kappa shape index (κ1) is 33.0. The molecule has 0 unspecified atom stereocenters. The monoisotopic (exact) mass is 616 g/mol. The minimum atomic E-state index is -6.09. The van der Waals surface area contributed by atoms with E-state index in [-0.39, 0.29) is 36.9 Å². The number of hydrogen-bond acceptors (Lipinski definition) is 9. The summed E-state index contributed by atoms with van der Waals surface area (Å²) in [7, 11) is -18.3. The summed E-state index contributed by atoms with van der Waals surface area (Å²) in [5, 5.41) is 0. The van der Waals surface area contributed by atoms with E-state index in [1.165, 1.54) is 0 Å². The van der Waals surface area contributed by atoms with Crippen LogP contribution in [0.15, 0.2) is 0 Å². The summed E-state index contributed by atoms with van der Waals surface area (Å²) in [6.07, 6.45) is 0. The molecule has 0 bridgehead atoms. The molecule has 0 aliphatic heterocycles. The molecule has 0 aromatic rings. The van der Waals surface area contributed by atoms with Gasteiger partial charge in [0.25, 0.3) is 0 Å². The van der Waals surface area contributed by atoms with Crippen LogP contribution in [0.4, 0.5) is 39.5 Å². The predicted molar refractivity (Wildman–Crippen MR) is 47.3 cm³/mol. The van der Waals surface area contributed by atoms with E-state index in [2.05, 4.69) is 0 Å². The van der Waals surface area contributed by atoms with Gasteiger partial charge >= 0.3 is 53.4 Å². The molecule has 0 saturated carbocycles. The van der Waals surface area contributed by atoms with Crippen molar-refractivity contribution in [3.63, 3.8) is 0 Å². The standard InChI is InChI=1S/3CHF3O3S.Tm/c3*2-1(3,4)8(5,6)7;/h3*(H,5,6,7);/q;;;+3/p-3. The SMILES string of the molecule is O=S(=O)([O-])C(F)(F)F.O=S(=O)([O-])C(F)(F)F.O=S(=O)([O-])C(F)(F)F.[Tm+3]. The zero-order chi connectivity index (χ0) is 21.0. The van der Waals surface area contributed by atoms with Crippen LogP contribution in [0.3, 0.4) is 0 Å². The predicted octanol–water partition coefficient (Wildman–Crippen LogP) is 0.154. The Balaban J connectivity index is -0.000000130. The summed E-state index contributed by atoms with van der Waals surface area (Å²) in [5.41, 5.74) is -16.9. The topological polar surface area (TPSA) is 172 Å². The van der Waals surface area contributed by atoms with E-state index in [1.807, 2.05) is 0 Å². The van der Waals surface area contributed by atoms with Crippen LogP contribution in [0.5, 0.6) is 0 Å². The minimum absolute atomic E-state index is 0. The molecule has 160 valence electrons. The number of hydrogen-bond donors (Lipinski definition) is 0. The molecule has 0 saturated heterocycles. The molecule has 0 rings (SSSR count). The Hall–Kier alpha value is 0.334. The smallest absolute Gasteiger partial charge is 0.741 e. The van der Waals surface area contributed by atoms with Crippen molar-refractivity contribution >= 4 is 30.4 Å². The van der Waals surface area contributed by atoms with Crippen LogP contribution in [0, 0.1) is 36.9 Å². The van der Waals surface area contributed by atoms with Crippen molar-refractivity contribution in [1.82, 2.24) is 0 Å². The van der Waals surface area contributed by atoms with Gasteiger partial charge in [-0.2, -0.15) is 39.5 Å². The zero-order valence-electron chi connectivity index (χ0n) is 10.1. The van der Waals surface area contributed by atoms with Gasteiger partial charge in [0, 0.05) is 0 Å². The molecular formula is C3F9O9S3Tm. The molecule has 0 heterocycles. The molecule has 22 heteroatoms. The average molecular weight is 616 g/mol. The third kappa shape index (κ3) is 16.2. The fourth-order valence-corrected chi connectivity index (χ4v) is 0. The van der Waals surface area contributed by atoms with Crippen molar-refractivity contribution < 1.29 is 115 Å². The maximum Gasteiger partial charge on any atom is 3.00 e. The first-order valence-corrected chi connectivity index (χ1v) is 8.04. The third-order valence-corrected chi connectivity index (χ3v) is 2.55. The van der Waals surface area contributed by atoms with Crippen molar-refractivity contribution in [3.05, 3.63) is 0 Å². The normalized spacial score (nSPS) is 13.4. The molecule has 0 atom stereocenters. The van der Waals surface area contributed by atoms with E-state index in [0.717, 1.165) is 0 Å². The van der Waals surface area contributed by atoms with Crippen LogP contribution in [0.1, 0.15) is 0 Å². The van der Waals surface area contributed by atoms with Gasteiger partial charge in [-0.25, -0.2) is 25.3 Å². The molecule has 0 aromatic heterocycles. The van der Waals surface area contributed by atoms with Gasteiger partial charge < -0.3 is 13.7 Å². The zero-order valence-corrected chi connectivity index (χ0v) is 14.3. The molecule has 0 radical (unpaired) electrons. The van der Waals surface area contributed by atoms with E-state index in [0.29, 0.717) is 0 Å². The molecule has 25 heavy (non-hydrogen) atoms. The van der Waals surface area contributed by atoms with Crippen LogP contribution < -0.4 is 0 Å². The molecule has 0 aromatic carbocycles. The van der Waals surface area contributed by atoms with E-state index in [4.69, 9.17) is 38.9 Å². The maximum absolute atomic E-state index is 10.7. The van der Waals surface area contributed by atoms with Gasteiger partial charge in [-0.3, -0.25) is 0 Å². The Bertz CT molecular complexity index is 596. The Morgan fingerprint density at radius 2 is 0.480 bits per heavy atom. The second-order valence-corrected chi connectivity index (χ2v) is 6.81. The summed E-state index contributed by atoms with van der Waals surface area (Å²) in [6.45, 7) is 0. The summed E-state index contributed by atoms with van der Waals surface area (Å²) in [6, 6.07) is 0. The van der Waals surface area contributed by atoms with Gasteiger partial charge in [0.2, 0.25) is 0 Å². The van der Waals surface area contributed by atoms with Crippen molar-refractivity contribution in [1.29, 1.82) is 0 Å². The largest absolute Gasteiger partial charge is 3.00 e. The van der Waals surface area contributed by atoms with Gasteiger partial charge in [0.05, 0.1) is 0 Å². The Morgan fingerprint density at radius 3 is 0.480 bits per heavy atom.